The molecule has 2 aromatic heterocycles. The summed E-state index contributed by atoms with van der Waals surface area (Å²) in [5, 5.41) is 9.62. The van der Waals surface area contributed by atoms with Gasteiger partial charge in [-0.15, -0.1) is 0 Å². The summed E-state index contributed by atoms with van der Waals surface area (Å²) in [4.78, 5) is 11.5. The second-order valence-electron chi connectivity index (χ2n) is 6.63. The molecule has 0 aliphatic carbocycles. The summed E-state index contributed by atoms with van der Waals surface area (Å²) in [7, 11) is 0. The minimum atomic E-state index is 0.161. The van der Waals surface area contributed by atoms with E-state index in [0.29, 0.717) is 17.1 Å². The predicted molar refractivity (Wildman–Crippen MR) is 102 cm³/mol. The van der Waals surface area contributed by atoms with Gasteiger partial charge in [0.25, 0.3) is 0 Å². The van der Waals surface area contributed by atoms with E-state index in [1.165, 1.54) is 0 Å². The second kappa shape index (κ2) is 6.94. The van der Waals surface area contributed by atoms with Gasteiger partial charge >= 0.3 is 0 Å². The van der Waals surface area contributed by atoms with Gasteiger partial charge in [0.1, 0.15) is 6.07 Å². The molecule has 1 atom stereocenters. The number of hydrogen-bond acceptors (Lipinski definition) is 5. The highest BCUT2D eigenvalue weighted by Crippen LogP contribution is 2.27. The van der Waals surface area contributed by atoms with Crippen molar-refractivity contribution in [2.75, 3.05) is 18.0 Å². The third kappa shape index (κ3) is 3.24. The Hall–Kier alpha value is -2.62. The van der Waals surface area contributed by atoms with Crippen molar-refractivity contribution in [1.82, 2.24) is 14.5 Å². The molecule has 1 saturated heterocycles. The van der Waals surface area contributed by atoms with Crippen LogP contribution in [0.4, 0.5) is 5.95 Å². The van der Waals surface area contributed by atoms with Crippen molar-refractivity contribution < 1.29 is 0 Å². The largest absolute Gasteiger partial charge is 0.341 e. The average molecular weight is 367 g/mol. The first-order valence-corrected chi connectivity index (χ1v) is 9.03. The van der Waals surface area contributed by atoms with E-state index in [2.05, 4.69) is 20.5 Å². The van der Waals surface area contributed by atoms with Gasteiger partial charge in [0.2, 0.25) is 5.95 Å². The minimum Gasteiger partial charge on any atom is -0.341 e. The lowest BCUT2D eigenvalue weighted by atomic mass is 10.1. The zero-order valence-corrected chi connectivity index (χ0v) is 15.0. The predicted octanol–water partition coefficient (Wildman–Crippen LogP) is 2.93. The van der Waals surface area contributed by atoms with E-state index < -0.39 is 0 Å². The van der Waals surface area contributed by atoms with E-state index >= 15 is 0 Å². The van der Waals surface area contributed by atoms with Crippen molar-refractivity contribution in [3.05, 3.63) is 52.8 Å². The number of nitrogens with zero attached hydrogens (tertiary/aromatic N) is 5. The fourth-order valence-corrected chi connectivity index (χ4v) is 3.59. The lowest BCUT2D eigenvalue weighted by Crippen LogP contribution is -2.44. The molecule has 1 aliphatic heterocycles. The molecule has 26 heavy (non-hydrogen) atoms. The molecule has 0 amide bonds. The van der Waals surface area contributed by atoms with Crippen LogP contribution in [0, 0.1) is 11.3 Å². The molecule has 0 saturated carbocycles. The third-order valence-electron chi connectivity index (χ3n) is 4.70. The number of benzene rings is 1. The quantitative estimate of drug-likeness (QED) is 0.770. The van der Waals surface area contributed by atoms with Crippen LogP contribution in [0.5, 0.6) is 0 Å². The highest BCUT2D eigenvalue weighted by molar-refractivity contribution is 6.31. The standard InChI is InChI=1S/C19H19ClN6/c20-14-4-6-18-17(8-14)24-19(25-7-1-2-15(22)11-25)26(18)12-16-5-3-13(9-21)10-23-16/h3-6,8,10,15H,1-2,7,11-12,22H2/t15-/m0/s1. The molecule has 0 bridgehead atoms. The Labute approximate surface area is 156 Å². The lowest BCUT2D eigenvalue weighted by molar-refractivity contribution is 0.495. The molecule has 0 unspecified atom stereocenters. The van der Waals surface area contributed by atoms with Gasteiger partial charge in [0.15, 0.2) is 0 Å². The van der Waals surface area contributed by atoms with E-state index in [-0.39, 0.29) is 6.04 Å². The molecule has 3 aromatic rings. The summed E-state index contributed by atoms with van der Waals surface area (Å²) in [6, 6.07) is 11.7. The average Bonchev–Trinajstić information content (AvgIpc) is 3.00. The molecule has 4 rings (SSSR count). The fourth-order valence-electron chi connectivity index (χ4n) is 3.43. The monoisotopic (exact) mass is 366 g/mol. The zero-order valence-electron chi connectivity index (χ0n) is 14.3. The molecule has 0 spiro atoms. The number of hydrogen-bond donors (Lipinski definition) is 1. The minimum absolute atomic E-state index is 0.161. The van der Waals surface area contributed by atoms with Crippen LogP contribution in [0.25, 0.3) is 11.0 Å². The third-order valence-corrected chi connectivity index (χ3v) is 4.94. The Bertz CT molecular complexity index is 972. The van der Waals surface area contributed by atoms with Crippen LogP contribution >= 0.6 is 11.6 Å². The van der Waals surface area contributed by atoms with Gasteiger partial charge in [0.05, 0.1) is 28.8 Å². The van der Waals surface area contributed by atoms with E-state index in [0.717, 1.165) is 48.6 Å². The first kappa shape index (κ1) is 16.8. The van der Waals surface area contributed by atoms with E-state index in [9.17, 15) is 0 Å². The molecule has 1 aromatic carbocycles. The van der Waals surface area contributed by atoms with Gasteiger partial charge in [-0.2, -0.15) is 5.26 Å². The number of rotatable bonds is 3. The molecule has 0 radical (unpaired) electrons. The summed E-state index contributed by atoms with van der Waals surface area (Å²) in [5.41, 5.74) is 9.47. The maximum absolute atomic E-state index is 8.96. The Morgan fingerprint density at radius 3 is 2.92 bits per heavy atom. The van der Waals surface area contributed by atoms with Gasteiger partial charge in [-0.3, -0.25) is 4.98 Å². The molecule has 3 heterocycles. The van der Waals surface area contributed by atoms with Gasteiger partial charge in [-0.05, 0) is 43.2 Å². The van der Waals surface area contributed by atoms with Crippen LogP contribution in [0.1, 0.15) is 24.1 Å². The Balaban J connectivity index is 1.77. The van der Waals surface area contributed by atoms with Crippen molar-refractivity contribution in [3.63, 3.8) is 0 Å². The van der Waals surface area contributed by atoms with Crippen molar-refractivity contribution in [2.45, 2.75) is 25.4 Å². The van der Waals surface area contributed by atoms with Crippen LogP contribution in [0.2, 0.25) is 5.02 Å². The molecule has 132 valence electrons. The molecular formula is C19H19ClN6. The van der Waals surface area contributed by atoms with E-state index in [1.807, 2.05) is 24.3 Å². The number of nitrogens with two attached hydrogens (primary N) is 1. The molecule has 7 heteroatoms. The van der Waals surface area contributed by atoms with Crippen LogP contribution in [-0.2, 0) is 6.54 Å². The van der Waals surface area contributed by atoms with Crippen molar-refractivity contribution in [1.29, 1.82) is 5.26 Å². The number of piperidine rings is 1. The smallest absolute Gasteiger partial charge is 0.206 e. The summed E-state index contributed by atoms with van der Waals surface area (Å²) in [6.45, 7) is 2.30. The lowest BCUT2D eigenvalue weighted by Gasteiger charge is -2.32. The number of anilines is 1. The highest BCUT2D eigenvalue weighted by atomic mass is 35.5. The Kier molecular flexibility index (Phi) is 4.49. The number of halogens is 1. The molecular weight excluding hydrogens is 348 g/mol. The second-order valence-corrected chi connectivity index (χ2v) is 7.07. The van der Waals surface area contributed by atoms with Crippen LogP contribution in [-0.4, -0.2) is 33.7 Å². The fraction of sp³-hybridized carbons (Fsp3) is 0.316. The number of pyridine rings is 1. The first-order valence-electron chi connectivity index (χ1n) is 8.65. The SMILES string of the molecule is N#Cc1ccc(Cn2c(N3CCC[C@H](N)C3)nc3cc(Cl)ccc32)nc1. The van der Waals surface area contributed by atoms with Gasteiger partial charge < -0.3 is 15.2 Å². The topological polar surface area (TPSA) is 83.8 Å². The van der Waals surface area contributed by atoms with Crippen LogP contribution < -0.4 is 10.6 Å². The number of imidazole rings is 1. The van der Waals surface area contributed by atoms with Gasteiger partial charge in [-0.1, -0.05) is 11.6 Å². The van der Waals surface area contributed by atoms with Gasteiger partial charge in [-0.25, -0.2) is 4.98 Å². The highest BCUT2D eigenvalue weighted by Gasteiger charge is 2.23. The number of fused-ring (bicyclic) bond motifs is 1. The van der Waals surface area contributed by atoms with Crippen molar-refractivity contribution in [3.8, 4) is 6.07 Å². The molecule has 6 nitrogen and oxygen atoms in total. The molecule has 1 aliphatic rings. The summed E-state index contributed by atoms with van der Waals surface area (Å²) >= 11 is 6.16. The molecule has 2 N–H and O–H groups in total. The maximum Gasteiger partial charge on any atom is 0.206 e. The van der Waals surface area contributed by atoms with Gasteiger partial charge in [0, 0.05) is 30.4 Å². The van der Waals surface area contributed by atoms with Crippen LogP contribution in [0.3, 0.4) is 0 Å². The normalized spacial score (nSPS) is 17.4. The Morgan fingerprint density at radius 2 is 2.19 bits per heavy atom. The van der Waals surface area contributed by atoms with E-state index in [4.69, 9.17) is 27.6 Å². The van der Waals surface area contributed by atoms with Crippen LogP contribution in [0.15, 0.2) is 36.5 Å². The van der Waals surface area contributed by atoms with E-state index in [1.54, 1.807) is 12.3 Å². The number of nitriles is 1. The van der Waals surface area contributed by atoms with Crippen molar-refractivity contribution >= 4 is 28.6 Å². The molecule has 1 fully saturated rings. The first-order chi connectivity index (χ1) is 12.6. The summed E-state index contributed by atoms with van der Waals surface area (Å²) in [6.07, 6.45) is 3.70. The zero-order chi connectivity index (χ0) is 18.1. The summed E-state index contributed by atoms with van der Waals surface area (Å²) in [5.74, 6) is 0.892. The summed E-state index contributed by atoms with van der Waals surface area (Å²) < 4.78 is 2.15. The Morgan fingerprint density at radius 1 is 1.31 bits per heavy atom. The number of aromatic nitrogens is 3. The maximum atomic E-state index is 8.96. The van der Waals surface area contributed by atoms with Crippen molar-refractivity contribution in [2.24, 2.45) is 5.73 Å².